The minimum atomic E-state index is -0.0389. The van der Waals surface area contributed by atoms with Crippen molar-refractivity contribution in [1.29, 1.82) is 0 Å². The molecule has 1 unspecified atom stereocenters. The van der Waals surface area contributed by atoms with Crippen LogP contribution in [-0.2, 0) is 4.79 Å². The lowest BCUT2D eigenvalue weighted by atomic mass is 10.1. The maximum absolute atomic E-state index is 11.0. The smallest absolute Gasteiger partial charge is 0.221 e. The van der Waals surface area contributed by atoms with Crippen molar-refractivity contribution < 1.29 is 4.79 Å². The summed E-state index contributed by atoms with van der Waals surface area (Å²) in [6, 6.07) is 0.296. The number of carbonyl (C=O) groups is 1. The Morgan fingerprint density at radius 1 is 1.75 bits per heavy atom. The van der Waals surface area contributed by atoms with Crippen LogP contribution in [0.15, 0.2) is 0 Å². The van der Waals surface area contributed by atoms with Gasteiger partial charge in [0, 0.05) is 25.6 Å². The summed E-state index contributed by atoms with van der Waals surface area (Å²) in [5.74, 6) is 0.0616. The summed E-state index contributed by atoms with van der Waals surface area (Å²) in [5, 5.41) is 5.94. The first-order chi connectivity index (χ1) is 5.18. The van der Waals surface area contributed by atoms with E-state index >= 15 is 0 Å². The highest BCUT2D eigenvalue weighted by molar-refractivity contribution is 5.85. The predicted octanol–water partition coefficient (Wildman–Crippen LogP) is -0.766. The van der Waals surface area contributed by atoms with Gasteiger partial charge >= 0.3 is 0 Å². The van der Waals surface area contributed by atoms with Gasteiger partial charge in [0.2, 0.25) is 5.91 Å². The molecule has 4 N–H and O–H groups in total. The van der Waals surface area contributed by atoms with Crippen LogP contribution in [0.5, 0.6) is 0 Å². The summed E-state index contributed by atoms with van der Waals surface area (Å²) >= 11 is 0. The second-order valence-electron chi connectivity index (χ2n) is 3.10. The van der Waals surface area contributed by atoms with Crippen molar-refractivity contribution in [1.82, 2.24) is 10.6 Å². The topological polar surface area (TPSA) is 67.2 Å². The SMILES string of the molecule is CC(N)CC(=O)NC1CNC1.Cl. The van der Waals surface area contributed by atoms with Crippen molar-refractivity contribution in [3.05, 3.63) is 0 Å². The van der Waals surface area contributed by atoms with Crippen molar-refractivity contribution in [3.63, 3.8) is 0 Å². The van der Waals surface area contributed by atoms with Gasteiger partial charge in [-0.15, -0.1) is 12.4 Å². The molecule has 0 radical (unpaired) electrons. The number of nitrogens with two attached hydrogens (primary N) is 1. The highest BCUT2D eigenvalue weighted by Crippen LogP contribution is 1.93. The van der Waals surface area contributed by atoms with Crippen LogP contribution in [0.4, 0.5) is 0 Å². The Morgan fingerprint density at radius 2 is 2.33 bits per heavy atom. The van der Waals surface area contributed by atoms with Crippen LogP contribution >= 0.6 is 12.4 Å². The van der Waals surface area contributed by atoms with Gasteiger partial charge in [0.15, 0.2) is 0 Å². The molecule has 1 atom stereocenters. The lowest BCUT2D eigenvalue weighted by Gasteiger charge is -2.28. The summed E-state index contributed by atoms with van der Waals surface area (Å²) in [7, 11) is 0. The number of rotatable bonds is 3. The molecule has 12 heavy (non-hydrogen) atoms. The molecule has 0 bridgehead atoms. The Balaban J connectivity index is 0.00000121. The monoisotopic (exact) mass is 193 g/mol. The average Bonchev–Trinajstić information content (AvgIpc) is 1.77. The van der Waals surface area contributed by atoms with Crippen LogP contribution in [0.2, 0.25) is 0 Å². The lowest BCUT2D eigenvalue weighted by Crippen LogP contribution is -2.57. The molecule has 1 aliphatic heterocycles. The molecular formula is C7H16ClN3O. The van der Waals surface area contributed by atoms with E-state index in [2.05, 4.69) is 10.6 Å². The van der Waals surface area contributed by atoms with E-state index in [0.717, 1.165) is 13.1 Å². The molecule has 4 nitrogen and oxygen atoms in total. The zero-order valence-corrected chi connectivity index (χ0v) is 7.99. The van der Waals surface area contributed by atoms with Gasteiger partial charge < -0.3 is 16.4 Å². The lowest BCUT2D eigenvalue weighted by molar-refractivity contribution is -0.122. The van der Waals surface area contributed by atoms with E-state index in [1.165, 1.54) is 0 Å². The van der Waals surface area contributed by atoms with Crippen molar-refractivity contribution in [2.75, 3.05) is 13.1 Å². The van der Waals surface area contributed by atoms with Crippen molar-refractivity contribution >= 4 is 18.3 Å². The predicted molar refractivity (Wildman–Crippen MR) is 50.3 cm³/mol. The van der Waals surface area contributed by atoms with Crippen LogP contribution in [0.3, 0.4) is 0 Å². The molecular weight excluding hydrogens is 178 g/mol. The molecule has 72 valence electrons. The quantitative estimate of drug-likeness (QED) is 0.552. The molecule has 0 aliphatic carbocycles. The van der Waals surface area contributed by atoms with E-state index in [1.807, 2.05) is 6.92 Å². The zero-order chi connectivity index (χ0) is 8.27. The maximum Gasteiger partial charge on any atom is 0.221 e. The Hall–Kier alpha value is -0.320. The summed E-state index contributed by atoms with van der Waals surface area (Å²) in [5.41, 5.74) is 5.45. The number of carbonyl (C=O) groups excluding carboxylic acids is 1. The van der Waals surface area contributed by atoms with E-state index in [-0.39, 0.29) is 24.4 Å². The van der Waals surface area contributed by atoms with Crippen LogP contribution in [-0.4, -0.2) is 31.1 Å². The Bertz CT molecular complexity index is 148. The number of halogens is 1. The molecule has 1 amide bonds. The van der Waals surface area contributed by atoms with Crippen LogP contribution in [0.25, 0.3) is 0 Å². The summed E-state index contributed by atoms with van der Waals surface area (Å²) < 4.78 is 0. The number of amides is 1. The summed E-state index contributed by atoms with van der Waals surface area (Å²) in [4.78, 5) is 11.0. The van der Waals surface area contributed by atoms with Crippen LogP contribution in [0, 0.1) is 0 Å². The molecule has 0 aromatic rings. The minimum Gasteiger partial charge on any atom is -0.351 e. The maximum atomic E-state index is 11.0. The number of hydrogen-bond acceptors (Lipinski definition) is 3. The third-order valence-electron chi connectivity index (χ3n) is 1.65. The van der Waals surface area contributed by atoms with E-state index < -0.39 is 0 Å². The summed E-state index contributed by atoms with van der Waals surface area (Å²) in [6.07, 6.45) is 0.427. The Morgan fingerprint density at radius 3 is 2.67 bits per heavy atom. The fraction of sp³-hybridized carbons (Fsp3) is 0.857. The van der Waals surface area contributed by atoms with Crippen LogP contribution < -0.4 is 16.4 Å². The van der Waals surface area contributed by atoms with Crippen molar-refractivity contribution in [2.45, 2.75) is 25.4 Å². The molecule has 0 spiro atoms. The van der Waals surface area contributed by atoms with E-state index in [9.17, 15) is 4.79 Å². The van der Waals surface area contributed by atoms with E-state index in [4.69, 9.17) is 5.73 Å². The second-order valence-corrected chi connectivity index (χ2v) is 3.10. The molecule has 0 aromatic heterocycles. The fourth-order valence-corrected chi connectivity index (χ4v) is 0.970. The summed E-state index contributed by atoms with van der Waals surface area (Å²) in [6.45, 7) is 3.62. The van der Waals surface area contributed by atoms with Gasteiger partial charge in [-0.1, -0.05) is 0 Å². The first-order valence-electron chi connectivity index (χ1n) is 3.94. The van der Waals surface area contributed by atoms with Gasteiger partial charge in [-0.25, -0.2) is 0 Å². The minimum absolute atomic E-state index is 0. The molecule has 5 heteroatoms. The zero-order valence-electron chi connectivity index (χ0n) is 7.17. The van der Waals surface area contributed by atoms with Gasteiger partial charge in [0.1, 0.15) is 0 Å². The Labute approximate surface area is 78.7 Å². The highest BCUT2D eigenvalue weighted by atomic mass is 35.5. The molecule has 1 heterocycles. The third kappa shape index (κ3) is 3.90. The molecule has 1 saturated heterocycles. The first-order valence-corrected chi connectivity index (χ1v) is 3.94. The van der Waals surface area contributed by atoms with Gasteiger partial charge in [0.25, 0.3) is 0 Å². The van der Waals surface area contributed by atoms with Crippen molar-refractivity contribution in [3.8, 4) is 0 Å². The largest absolute Gasteiger partial charge is 0.351 e. The second kappa shape index (κ2) is 5.35. The molecule has 0 saturated carbocycles. The third-order valence-corrected chi connectivity index (χ3v) is 1.65. The standard InChI is InChI=1S/C7H15N3O.ClH/c1-5(8)2-7(11)10-6-3-9-4-6;/h5-6,9H,2-4,8H2,1H3,(H,10,11);1H. The van der Waals surface area contributed by atoms with Gasteiger partial charge in [-0.05, 0) is 6.92 Å². The number of nitrogens with one attached hydrogen (secondary N) is 2. The fourth-order valence-electron chi connectivity index (χ4n) is 0.970. The Kier molecular flexibility index (Phi) is 5.20. The average molecular weight is 194 g/mol. The first kappa shape index (κ1) is 11.7. The molecule has 1 aliphatic rings. The normalized spacial score (nSPS) is 18.8. The van der Waals surface area contributed by atoms with Gasteiger partial charge in [-0.2, -0.15) is 0 Å². The molecule has 1 fully saturated rings. The molecule has 0 aromatic carbocycles. The van der Waals surface area contributed by atoms with E-state index in [0.29, 0.717) is 12.5 Å². The van der Waals surface area contributed by atoms with Gasteiger partial charge in [0.05, 0.1) is 6.04 Å². The number of hydrogen-bond donors (Lipinski definition) is 3. The highest BCUT2D eigenvalue weighted by Gasteiger charge is 2.18. The van der Waals surface area contributed by atoms with E-state index in [1.54, 1.807) is 0 Å². The van der Waals surface area contributed by atoms with Gasteiger partial charge in [-0.3, -0.25) is 4.79 Å². The van der Waals surface area contributed by atoms with Crippen molar-refractivity contribution in [2.24, 2.45) is 5.73 Å². The molecule has 1 rings (SSSR count). The van der Waals surface area contributed by atoms with Crippen LogP contribution in [0.1, 0.15) is 13.3 Å².